The van der Waals surface area contributed by atoms with Crippen LogP contribution in [0.25, 0.3) is 11.1 Å². The fourth-order valence-electron chi connectivity index (χ4n) is 2.64. The van der Waals surface area contributed by atoms with Crippen LogP contribution < -0.4 is 10.6 Å². The molecule has 1 amide bonds. The average Bonchev–Trinajstić information content (AvgIpc) is 3.06. The van der Waals surface area contributed by atoms with E-state index >= 15 is 0 Å². The topological polar surface area (TPSA) is 80.0 Å². The van der Waals surface area contributed by atoms with Gasteiger partial charge in [-0.1, -0.05) is 29.8 Å². The molecule has 27 heavy (non-hydrogen) atoms. The summed E-state index contributed by atoms with van der Waals surface area (Å²) in [5, 5.41) is 6.44. The van der Waals surface area contributed by atoms with Gasteiger partial charge in [0.25, 0.3) is 6.01 Å². The van der Waals surface area contributed by atoms with Gasteiger partial charge in [0.15, 0.2) is 5.58 Å². The highest BCUT2D eigenvalue weighted by Crippen LogP contribution is 2.27. The maximum Gasteiger partial charge on any atom is 0.300 e. The average molecular weight is 379 g/mol. The van der Waals surface area contributed by atoms with E-state index in [0.29, 0.717) is 33.5 Å². The monoisotopic (exact) mass is 378 g/mol. The third-order valence-electron chi connectivity index (χ3n) is 3.88. The molecule has 0 aliphatic heterocycles. The van der Waals surface area contributed by atoms with Gasteiger partial charge in [0, 0.05) is 6.20 Å². The van der Waals surface area contributed by atoms with Crippen LogP contribution in [-0.2, 0) is 11.2 Å². The van der Waals surface area contributed by atoms with Gasteiger partial charge in [0.1, 0.15) is 5.52 Å². The van der Waals surface area contributed by atoms with Crippen molar-refractivity contribution in [1.29, 1.82) is 0 Å². The van der Waals surface area contributed by atoms with Gasteiger partial charge in [-0.05, 0) is 42.0 Å². The summed E-state index contributed by atoms with van der Waals surface area (Å²) >= 11 is 6.14. The number of pyridine rings is 1. The number of nitrogens with one attached hydrogen (secondary N) is 2. The van der Waals surface area contributed by atoms with Crippen LogP contribution in [0.4, 0.5) is 17.4 Å². The molecule has 4 aromatic rings. The summed E-state index contributed by atoms with van der Waals surface area (Å²) in [5.41, 5.74) is 3.48. The lowest BCUT2D eigenvalue weighted by atomic mass is 10.1. The quantitative estimate of drug-likeness (QED) is 0.521. The predicted molar refractivity (Wildman–Crippen MR) is 105 cm³/mol. The van der Waals surface area contributed by atoms with Crippen LogP contribution in [0.5, 0.6) is 0 Å². The molecule has 0 spiro atoms. The molecule has 0 radical (unpaired) electrons. The van der Waals surface area contributed by atoms with E-state index in [0.717, 1.165) is 5.56 Å². The number of para-hydroxylation sites is 1. The van der Waals surface area contributed by atoms with Crippen LogP contribution in [-0.4, -0.2) is 15.9 Å². The van der Waals surface area contributed by atoms with Crippen LogP contribution in [0.1, 0.15) is 5.56 Å². The Morgan fingerprint density at radius 1 is 1.11 bits per heavy atom. The Morgan fingerprint density at radius 2 is 2.00 bits per heavy atom. The molecule has 0 aliphatic rings. The number of nitrogens with zero attached hydrogens (tertiary/aromatic N) is 2. The Morgan fingerprint density at radius 3 is 2.81 bits per heavy atom. The highest BCUT2D eigenvalue weighted by atomic mass is 35.5. The standard InChI is InChI=1S/C20H15ClN4O2/c21-15-5-1-2-6-16(15)24-20-25-17-8-7-13(10-18(17)27-20)11-19(26)23-14-4-3-9-22-12-14/h1-10,12H,11H2,(H,23,26)(H,24,25). The van der Waals surface area contributed by atoms with Crippen LogP contribution in [0.3, 0.4) is 0 Å². The van der Waals surface area contributed by atoms with Gasteiger partial charge >= 0.3 is 0 Å². The van der Waals surface area contributed by atoms with Crippen molar-refractivity contribution in [1.82, 2.24) is 9.97 Å². The van der Waals surface area contributed by atoms with E-state index in [-0.39, 0.29) is 12.3 Å². The van der Waals surface area contributed by atoms with Crippen molar-refractivity contribution >= 4 is 46.0 Å². The second-order valence-electron chi connectivity index (χ2n) is 5.89. The number of carbonyl (C=O) groups is 1. The highest BCUT2D eigenvalue weighted by Gasteiger charge is 2.10. The molecule has 134 valence electrons. The summed E-state index contributed by atoms with van der Waals surface area (Å²) in [6.07, 6.45) is 3.48. The first kappa shape index (κ1) is 17.1. The van der Waals surface area contributed by atoms with E-state index in [1.54, 1.807) is 30.6 Å². The van der Waals surface area contributed by atoms with Crippen molar-refractivity contribution in [3.63, 3.8) is 0 Å². The fraction of sp³-hybridized carbons (Fsp3) is 0.0500. The van der Waals surface area contributed by atoms with Crippen molar-refractivity contribution in [3.05, 3.63) is 77.6 Å². The minimum absolute atomic E-state index is 0.128. The van der Waals surface area contributed by atoms with E-state index < -0.39 is 0 Å². The smallest absolute Gasteiger partial charge is 0.300 e. The number of oxazole rings is 1. The van der Waals surface area contributed by atoms with Gasteiger partial charge in [-0.25, -0.2) is 0 Å². The lowest BCUT2D eigenvalue weighted by Gasteiger charge is -2.04. The van der Waals surface area contributed by atoms with Crippen molar-refractivity contribution in [2.75, 3.05) is 10.6 Å². The van der Waals surface area contributed by atoms with E-state index in [9.17, 15) is 4.79 Å². The molecular formula is C20H15ClN4O2. The summed E-state index contributed by atoms with van der Waals surface area (Å²) < 4.78 is 5.74. The first-order valence-electron chi connectivity index (χ1n) is 8.28. The van der Waals surface area contributed by atoms with Gasteiger partial charge in [0.05, 0.1) is 29.0 Å². The molecule has 0 atom stereocenters. The predicted octanol–water partition coefficient (Wildman–Crippen LogP) is 4.80. The van der Waals surface area contributed by atoms with Crippen molar-refractivity contribution in [2.45, 2.75) is 6.42 Å². The normalized spacial score (nSPS) is 10.7. The number of anilines is 3. The SMILES string of the molecule is O=C(Cc1ccc2nc(Nc3ccccc3Cl)oc2c1)Nc1cccnc1. The molecule has 0 bridgehead atoms. The van der Waals surface area contributed by atoms with Crippen molar-refractivity contribution in [3.8, 4) is 0 Å². The van der Waals surface area contributed by atoms with Crippen molar-refractivity contribution in [2.24, 2.45) is 0 Å². The molecule has 0 aliphatic carbocycles. The Kier molecular flexibility index (Phi) is 4.72. The first-order valence-corrected chi connectivity index (χ1v) is 8.66. The lowest BCUT2D eigenvalue weighted by Crippen LogP contribution is -2.14. The van der Waals surface area contributed by atoms with Gasteiger partial charge in [-0.15, -0.1) is 0 Å². The molecule has 4 rings (SSSR count). The summed E-state index contributed by atoms with van der Waals surface area (Å²) in [5.74, 6) is -0.128. The van der Waals surface area contributed by atoms with E-state index in [4.69, 9.17) is 16.0 Å². The molecule has 0 saturated heterocycles. The van der Waals surface area contributed by atoms with E-state index in [1.165, 1.54) is 0 Å². The van der Waals surface area contributed by atoms with E-state index in [1.807, 2.05) is 36.4 Å². The second kappa shape index (κ2) is 7.47. The number of benzene rings is 2. The van der Waals surface area contributed by atoms with Crippen LogP contribution >= 0.6 is 11.6 Å². The largest absolute Gasteiger partial charge is 0.423 e. The Bertz CT molecular complexity index is 1100. The number of carbonyl (C=O) groups excluding carboxylic acids is 1. The summed E-state index contributed by atoms with van der Waals surface area (Å²) in [7, 11) is 0. The number of hydrogen-bond acceptors (Lipinski definition) is 5. The summed E-state index contributed by atoms with van der Waals surface area (Å²) in [6, 6.07) is 16.7. The molecule has 0 saturated carbocycles. The zero-order valence-corrected chi connectivity index (χ0v) is 14.9. The first-order chi connectivity index (χ1) is 13.2. The third kappa shape index (κ3) is 4.07. The van der Waals surface area contributed by atoms with Crippen LogP contribution in [0.2, 0.25) is 5.02 Å². The molecular weight excluding hydrogens is 364 g/mol. The number of hydrogen-bond donors (Lipinski definition) is 2. The van der Waals surface area contributed by atoms with Gasteiger partial charge in [0.2, 0.25) is 5.91 Å². The van der Waals surface area contributed by atoms with Gasteiger partial charge < -0.3 is 15.1 Å². The molecule has 0 fully saturated rings. The maximum atomic E-state index is 12.2. The Balaban J connectivity index is 1.49. The van der Waals surface area contributed by atoms with Gasteiger partial charge in [-0.2, -0.15) is 4.98 Å². The lowest BCUT2D eigenvalue weighted by molar-refractivity contribution is -0.115. The van der Waals surface area contributed by atoms with Crippen molar-refractivity contribution < 1.29 is 9.21 Å². The zero-order chi connectivity index (χ0) is 18.6. The number of rotatable bonds is 5. The Labute approximate surface area is 160 Å². The number of amides is 1. The molecule has 7 heteroatoms. The molecule has 2 N–H and O–H groups in total. The number of aromatic nitrogens is 2. The van der Waals surface area contributed by atoms with Gasteiger partial charge in [-0.3, -0.25) is 9.78 Å². The maximum absolute atomic E-state index is 12.2. The summed E-state index contributed by atoms with van der Waals surface area (Å²) in [6.45, 7) is 0. The van der Waals surface area contributed by atoms with Crippen LogP contribution in [0.15, 0.2) is 71.4 Å². The zero-order valence-electron chi connectivity index (χ0n) is 14.1. The minimum Gasteiger partial charge on any atom is -0.423 e. The Hall–Kier alpha value is -3.38. The minimum atomic E-state index is -0.128. The molecule has 2 aromatic heterocycles. The highest BCUT2D eigenvalue weighted by molar-refractivity contribution is 6.33. The fourth-order valence-corrected chi connectivity index (χ4v) is 2.82. The third-order valence-corrected chi connectivity index (χ3v) is 4.21. The molecule has 6 nitrogen and oxygen atoms in total. The van der Waals surface area contributed by atoms with E-state index in [2.05, 4.69) is 20.6 Å². The van der Waals surface area contributed by atoms with Crippen LogP contribution in [0, 0.1) is 0 Å². The number of fused-ring (bicyclic) bond motifs is 1. The molecule has 0 unspecified atom stereocenters. The molecule has 2 aromatic carbocycles. The molecule has 2 heterocycles. The number of halogens is 1. The summed E-state index contributed by atoms with van der Waals surface area (Å²) in [4.78, 5) is 20.6. The second-order valence-corrected chi connectivity index (χ2v) is 6.30.